The van der Waals surface area contributed by atoms with Gasteiger partial charge in [-0.3, -0.25) is 4.68 Å². The number of benzene rings is 1. The maximum atomic E-state index is 13.3. The van der Waals surface area contributed by atoms with Crippen LogP contribution in [0.1, 0.15) is 51.0 Å². The largest absolute Gasteiger partial charge is 0.268 e. The molecule has 0 bridgehead atoms. The molecule has 25 heavy (non-hydrogen) atoms. The standard InChI is InChI=1S/C19H25N3O2S/c23-25(24,21-13-7-2-8-14-21)18-15-22(17-11-5-6-12-17)20-19(18)16-9-3-1-4-10-16/h1,3-4,9-10,15,17H,2,5-8,11-14H2. The van der Waals surface area contributed by atoms with Crippen LogP contribution in [0.3, 0.4) is 0 Å². The van der Waals surface area contributed by atoms with Crippen molar-refractivity contribution >= 4 is 10.0 Å². The van der Waals surface area contributed by atoms with Crippen LogP contribution in [0.15, 0.2) is 41.4 Å². The molecule has 0 radical (unpaired) electrons. The van der Waals surface area contributed by atoms with Crippen molar-refractivity contribution in [2.75, 3.05) is 13.1 Å². The van der Waals surface area contributed by atoms with Crippen LogP contribution in [0.5, 0.6) is 0 Å². The lowest BCUT2D eigenvalue weighted by molar-refractivity contribution is 0.346. The van der Waals surface area contributed by atoms with E-state index in [1.165, 1.54) is 12.8 Å². The molecule has 2 aliphatic rings. The molecule has 0 atom stereocenters. The first-order valence-electron chi connectivity index (χ1n) is 9.31. The van der Waals surface area contributed by atoms with Gasteiger partial charge in [0.1, 0.15) is 10.6 Å². The average molecular weight is 359 g/mol. The number of piperidine rings is 1. The first-order chi connectivity index (χ1) is 12.2. The maximum Gasteiger partial charge on any atom is 0.246 e. The van der Waals surface area contributed by atoms with E-state index in [-0.39, 0.29) is 0 Å². The highest BCUT2D eigenvalue weighted by Gasteiger charge is 2.32. The molecule has 0 unspecified atom stereocenters. The lowest BCUT2D eigenvalue weighted by atomic mass is 10.2. The zero-order valence-corrected chi connectivity index (χ0v) is 15.3. The van der Waals surface area contributed by atoms with Crippen LogP contribution in [0, 0.1) is 0 Å². The van der Waals surface area contributed by atoms with Crippen LogP contribution < -0.4 is 0 Å². The van der Waals surface area contributed by atoms with E-state index < -0.39 is 10.0 Å². The first kappa shape index (κ1) is 16.8. The van der Waals surface area contributed by atoms with Crippen LogP contribution in [-0.2, 0) is 10.0 Å². The summed E-state index contributed by atoms with van der Waals surface area (Å²) in [5.41, 5.74) is 1.47. The van der Waals surface area contributed by atoms with E-state index >= 15 is 0 Å². The lowest BCUT2D eigenvalue weighted by Crippen LogP contribution is -2.35. The number of sulfonamides is 1. The van der Waals surface area contributed by atoms with E-state index in [1.54, 1.807) is 10.5 Å². The fraction of sp³-hybridized carbons (Fsp3) is 0.526. The van der Waals surface area contributed by atoms with E-state index in [4.69, 9.17) is 5.10 Å². The van der Waals surface area contributed by atoms with Crippen molar-refractivity contribution in [2.45, 2.75) is 55.9 Å². The summed E-state index contributed by atoms with van der Waals surface area (Å²) in [6.07, 6.45) is 9.32. The molecule has 5 nitrogen and oxygen atoms in total. The Kier molecular flexibility index (Phi) is 4.65. The molecule has 2 aromatic rings. The molecule has 4 rings (SSSR count). The fourth-order valence-corrected chi connectivity index (χ4v) is 5.62. The first-order valence-corrected chi connectivity index (χ1v) is 10.7. The molecule has 1 saturated heterocycles. The average Bonchev–Trinajstić information content (AvgIpc) is 3.33. The number of nitrogens with zero attached hydrogens (tertiary/aromatic N) is 3. The molecule has 134 valence electrons. The normalized spacial score (nSPS) is 20.2. The third kappa shape index (κ3) is 3.25. The highest BCUT2D eigenvalue weighted by molar-refractivity contribution is 7.89. The molecule has 0 amide bonds. The van der Waals surface area contributed by atoms with Gasteiger partial charge in [0, 0.05) is 24.8 Å². The molecule has 1 aliphatic heterocycles. The molecule has 6 heteroatoms. The highest BCUT2D eigenvalue weighted by atomic mass is 32.2. The molecule has 2 heterocycles. The zero-order chi connectivity index (χ0) is 17.3. The summed E-state index contributed by atoms with van der Waals surface area (Å²) in [4.78, 5) is 0.368. The number of hydrogen-bond acceptors (Lipinski definition) is 3. The Morgan fingerprint density at radius 2 is 1.60 bits per heavy atom. The second-order valence-corrected chi connectivity index (χ2v) is 9.00. The molecule has 1 aromatic carbocycles. The van der Waals surface area contributed by atoms with E-state index in [9.17, 15) is 8.42 Å². The summed E-state index contributed by atoms with van der Waals surface area (Å²) in [7, 11) is -3.50. The highest BCUT2D eigenvalue weighted by Crippen LogP contribution is 2.34. The summed E-state index contributed by atoms with van der Waals surface area (Å²) in [6.45, 7) is 1.23. The van der Waals surface area contributed by atoms with Crippen molar-refractivity contribution in [1.82, 2.24) is 14.1 Å². The summed E-state index contributed by atoms with van der Waals surface area (Å²) in [6, 6.07) is 10.0. The van der Waals surface area contributed by atoms with Crippen molar-refractivity contribution in [1.29, 1.82) is 0 Å². The fourth-order valence-electron chi connectivity index (χ4n) is 3.96. The van der Waals surface area contributed by atoms with E-state index in [0.717, 1.165) is 37.7 Å². The Balaban J connectivity index is 1.79. The Morgan fingerprint density at radius 3 is 2.28 bits per heavy atom. The van der Waals surface area contributed by atoms with Crippen LogP contribution in [0.4, 0.5) is 0 Å². The van der Waals surface area contributed by atoms with Gasteiger partial charge in [-0.05, 0) is 25.7 Å². The van der Waals surface area contributed by atoms with Crippen molar-refractivity contribution < 1.29 is 8.42 Å². The Bertz CT molecular complexity index is 818. The van der Waals surface area contributed by atoms with Crippen molar-refractivity contribution in [2.24, 2.45) is 0 Å². The van der Waals surface area contributed by atoms with Gasteiger partial charge in [0.25, 0.3) is 0 Å². The molecule has 2 fully saturated rings. The summed E-state index contributed by atoms with van der Waals surface area (Å²) >= 11 is 0. The summed E-state index contributed by atoms with van der Waals surface area (Å²) in [5.74, 6) is 0. The van der Waals surface area contributed by atoms with E-state index in [1.807, 2.05) is 35.0 Å². The predicted molar refractivity (Wildman–Crippen MR) is 97.8 cm³/mol. The van der Waals surface area contributed by atoms with E-state index in [0.29, 0.717) is 29.7 Å². The van der Waals surface area contributed by atoms with Crippen molar-refractivity contribution in [3.05, 3.63) is 36.5 Å². The zero-order valence-electron chi connectivity index (χ0n) is 14.5. The van der Waals surface area contributed by atoms with Crippen molar-refractivity contribution in [3.63, 3.8) is 0 Å². The Hall–Kier alpha value is -1.66. The third-order valence-corrected chi connectivity index (χ3v) is 7.28. The van der Waals surface area contributed by atoms with E-state index in [2.05, 4.69) is 0 Å². The van der Waals surface area contributed by atoms with Gasteiger partial charge >= 0.3 is 0 Å². The Labute approximate surface area is 149 Å². The monoisotopic (exact) mass is 359 g/mol. The van der Waals surface area contributed by atoms with Gasteiger partial charge < -0.3 is 0 Å². The van der Waals surface area contributed by atoms with Crippen LogP contribution in [0.2, 0.25) is 0 Å². The second kappa shape index (κ2) is 6.92. The van der Waals surface area contributed by atoms with Gasteiger partial charge in [0.2, 0.25) is 10.0 Å². The molecular weight excluding hydrogens is 334 g/mol. The van der Waals surface area contributed by atoms with Gasteiger partial charge in [0.05, 0.1) is 6.04 Å². The third-order valence-electron chi connectivity index (χ3n) is 5.38. The minimum absolute atomic E-state index is 0.327. The quantitative estimate of drug-likeness (QED) is 0.833. The number of hydrogen-bond donors (Lipinski definition) is 0. The predicted octanol–water partition coefficient (Wildman–Crippen LogP) is 3.84. The minimum atomic E-state index is -3.50. The molecule has 1 saturated carbocycles. The lowest BCUT2D eigenvalue weighted by Gasteiger charge is -2.25. The molecule has 1 aromatic heterocycles. The Morgan fingerprint density at radius 1 is 0.920 bits per heavy atom. The molecule has 0 N–H and O–H groups in total. The number of aromatic nitrogens is 2. The molecule has 1 aliphatic carbocycles. The smallest absolute Gasteiger partial charge is 0.246 e. The van der Waals surface area contributed by atoms with Crippen LogP contribution in [0.25, 0.3) is 11.3 Å². The van der Waals surface area contributed by atoms with Gasteiger partial charge in [-0.25, -0.2) is 8.42 Å². The summed E-state index contributed by atoms with van der Waals surface area (Å²) < 4.78 is 30.1. The van der Waals surface area contributed by atoms with Gasteiger partial charge in [-0.2, -0.15) is 9.40 Å². The van der Waals surface area contributed by atoms with Gasteiger partial charge in [0.15, 0.2) is 0 Å². The molecule has 0 spiro atoms. The molecular formula is C19H25N3O2S. The second-order valence-electron chi connectivity index (χ2n) is 7.09. The van der Waals surface area contributed by atoms with Crippen LogP contribution >= 0.6 is 0 Å². The van der Waals surface area contributed by atoms with Gasteiger partial charge in [-0.1, -0.05) is 49.6 Å². The minimum Gasteiger partial charge on any atom is -0.268 e. The summed E-state index contributed by atoms with van der Waals surface area (Å²) in [5, 5.41) is 4.73. The van der Waals surface area contributed by atoms with Gasteiger partial charge in [-0.15, -0.1) is 0 Å². The number of rotatable bonds is 4. The van der Waals surface area contributed by atoms with Crippen molar-refractivity contribution in [3.8, 4) is 11.3 Å². The van der Waals surface area contributed by atoms with Crippen LogP contribution in [-0.4, -0.2) is 35.6 Å². The topological polar surface area (TPSA) is 55.2 Å². The maximum absolute atomic E-state index is 13.3. The SMILES string of the molecule is O=S(=O)(c1cn(C2CCCC2)nc1-c1ccccc1)N1CCCCC1.